The van der Waals surface area contributed by atoms with Crippen molar-refractivity contribution < 1.29 is 0 Å². The predicted molar refractivity (Wildman–Crippen MR) is 96.5 cm³/mol. The van der Waals surface area contributed by atoms with E-state index in [0.29, 0.717) is 6.04 Å². The lowest BCUT2D eigenvalue weighted by Crippen LogP contribution is -2.07. The van der Waals surface area contributed by atoms with Crippen molar-refractivity contribution in [2.75, 3.05) is 5.32 Å². The Morgan fingerprint density at radius 2 is 2.04 bits per heavy atom. The van der Waals surface area contributed by atoms with E-state index < -0.39 is 0 Å². The van der Waals surface area contributed by atoms with Crippen LogP contribution in [-0.2, 0) is 6.54 Å². The highest BCUT2D eigenvalue weighted by molar-refractivity contribution is 9.10. The maximum absolute atomic E-state index is 4.73. The molecule has 0 atom stereocenters. The Hall–Kier alpha value is -1.88. The molecule has 1 aliphatic carbocycles. The molecular weight excluding hydrogens is 352 g/mol. The van der Waals surface area contributed by atoms with Gasteiger partial charge in [0.1, 0.15) is 0 Å². The van der Waals surface area contributed by atoms with Crippen molar-refractivity contribution in [3.63, 3.8) is 0 Å². The summed E-state index contributed by atoms with van der Waals surface area (Å²) < 4.78 is 3.19. The maximum Gasteiger partial charge on any atom is 0.0815 e. The van der Waals surface area contributed by atoms with Gasteiger partial charge in [-0.3, -0.25) is 9.67 Å². The van der Waals surface area contributed by atoms with E-state index in [0.717, 1.165) is 33.3 Å². The number of rotatable bonds is 4. The number of benzene rings is 1. The summed E-state index contributed by atoms with van der Waals surface area (Å²) in [6, 6.07) is 10.9. The Bertz CT molecular complexity index is 821. The molecular formula is C18H19BrN4. The lowest BCUT2D eigenvalue weighted by atomic mass is 10.2. The minimum atomic E-state index is 0.600. The van der Waals surface area contributed by atoms with Crippen molar-refractivity contribution in [2.24, 2.45) is 0 Å². The second-order valence-electron chi connectivity index (χ2n) is 6.10. The van der Waals surface area contributed by atoms with Crippen molar-refractivity contribution in [2.45, 2.75) is 38.3 Å². The van der Waals surface area contributed by atoms with Gasteiger partial charge in [-0.1, -0.05) is 28.8 Å². The van der Waals surface area contributed by atoms with E-state index in [1.807, 2.05) is 24.4 Å². The van der Waals surface area contributed by atoms with Crippen molar-refractivity contribution >= 4 is 32.5 Å². The molecule has 2 aromatic heterocycles. The summed E-state index contributed by atoms with van der Waals surface area (Å²) in [5, 5.41) is 9.36. The fourth-order valence-electron chi connectivity index (χ4n) is 3.31. The fourth-order valence-corrected chi connectivity index (χ4v) is 3.65. The molecule has 1 saturated carbocycles. The zero-order valence-corrected chi connectivity index (χ0v) is 14.5. The first-order valence-electron chi connectivity index (χ1n) is 8.12. The summed E-state index contributed by atoms with van der Waals surface area (Å²) in [6.45, 7) is 0.731. The molecule has 0 aliphatic heterocycles. The standard InChI is InChI=1S/C18H19BrN4/c19-13-5-6-16-17(7-9-20-18(16)11-13)21-12-14-8-10-23(22-14)15-3-1-2-4-15/h5-11,15H,1-4,12H2,(H,20,21). The van der Waals surface area contributed by atoms with Gasteiger partial charge in [-0.25, -0.2) is 0 Å². The zero-order chi connectivity index (χ0) is 15.6. The maximum atomic E-state index is 4.73. The van der Waals surface area contributed by atoms with Crippen LogP contribution in [0.4, 0.5) is 5.69 Å². The molecule has 0 unspecified atom stereocenters. The largest absolute Gasteiger partial charge is 0.379 e. The van der Waals surface area contributed by atoms with Gasteiger partial charge in [-0.2, -0.15) is 5.10 Å². The van der Waals surface area contributed by atoms with Crippen LogP contribution in [0.15, 0.2) is 47.2 Å². The van der Waals surface area contributed by atoms with Gasteiger partial charge in [0.05, 0.1) is 23.8 Å². The Balaban J connectivity index is 1.51. The minimum absolute atomic E-state index is 0.600. The topological polar surface area (TPSA) is 42.7 Å². The molecule has 4 nitrogen and oxygen atoms in total. The molecule has 0 amide bonds. The lowest BCUT2D eigenvalue weighted by Gasteiger charge is -2.10. The first-order chi connectivity index (χ1) is 11.3. The van der Waals surface area contributed by atoms with Gasteiger partial charge < -0.3 is 5.32 Å². The van der Waals surface area contributed by atoms with Crippen molar-refractivity contribution in [1.82, 2.24) is 14.8 Å². The van der Waals surface area contributed by atoms with Gasteiger partial charge in [0.25, 0.3) is 0 Å². The molecule has 1 aromatic carbocycles. The third kappa shape index (κ3) is 3.11. The van der Waals surface area contributed by atoms with Crippen molar-refractivity contribution in [1.29, 1.82) is 0 Å². The number of aromatic nitrogens is 3. The van der Waals surface area contributed by atoms with Gasteiger partial charge in [0.15, 0.2) is 0 Å². The van der Waals surface area contributed by atoms with Crippen LogP contribution in [-0.4, -0.2) is 14.8 Å². The average Bonchev–Trinajstić information content (AvgIpc) is 3.23. The number of hydrogen-bond donors (Lipinski definition) is 1. The number of nitrogens with zero attached hydrogens (tertiary/aromatic N) is 3. The predicted octanol–water partition coefficient (Wildman–Crippen LogP) is 4.92. The molecule has 118 valence electrons. The van der Waals surface area contributed by atoms with Crippen molar-refractivity contribution in [3.8, 4) is 0 Å². The SMILES string of the molecule is Brc1ccc2c(NCc3ccn(C4CCCC4)n3)ccnc2c1. The van der Waals surface area contributed by atoms with E-state index in [4.69, 9.17) is 5.10 Å². The number of pyridine rings is 1. The summed E-state index contributed by atoms with van der Waals surface area (Å²) in [5.74, 6) is 0. The van der Waals surface area contributed by atoms with Crippen LogP contribution in [0, 0.1) is 0 Å². The van der Waals surface area contributed by atoms with E-state index in [2.05, 4.69) is 49.2 Å². The highest BCUT2D eigenvalue weighted by Gasteiger charge is 2.17. The van der Waals surface area contributed by atoms with Crippen LogP contribution in [0.5, 0.6) is 0 Å². The first-order valence-corrected chi connectivity index (χ1v) is 8.91. The summed E-state index contributed by atoms with van der Waals surface area (Å²) in [7, 11) is 0. The van der Waals surface area contributed by atoms with Crippen molar-refractivity contribution in [3.05, 3.63) is 52.9 Å². The van der Waals surface area contributed by atoms with E-state index in [1.54, 1.807) is 0 Å². The second-order valence-corrected chi connectivity index (χ2v) is 7.01. The Morgan fingerprint density at radius 3 is 2.91 bits per heavy atom. The molecule has 0 radical (unpaired) electrons. The van der Waals surface area contributed by atoms with Gasteiger partial charge >= 0.3 is 0 Å². The van der Waals surface area contributed by atoms with Crippen LogP contribution in [0.3, 0.4) is 0 Å². The highest BCUT2D eigenvalue weighted by atomic mass is 79.9. The summed E-state index contributed by atoms with van der Waals surface area (Å²) in [6.07, 6.45) is 9.15. The Kier molecular flexibility index (Phi) is 4.04. The van der Waals surface area contributed by atoms with Crippen LogP contribution in [0.2, 0.25) is 0 Å². The van der Waals surface area contributed by atoms with Gasteiger partial charge in [-0.05, 0) is 43.2 Å². The van der Waals surface area contributed by atoms with Gasteiger partial charge in [0, 0.05) is 27.9 Å². The first kappa shape index (κ1) is 14.7. The normalized spacial score (nSPS) is 15.3. The van der Waals surface area contributed by atoms with Gasteiger partial charge in [0.2, 0.25) is 0 Å². The average molecular weight is 371 g/mol. The number of nitrogens with one attached hydrogen (secondary N) is 1. The van der Waals surface area contributed by atoms with E-state index >= 15 is 0 Å². The summed E-state index contributed by atoms with van der Waals surface area (Å²) in [4.78, 5) is 4.42. The molecule has 23 heavy (non-hydrogen) atoms. The molecule has 0 saturated heterocycles. The van der Waals surface area contributed by atoms with Crippen LogP contribution < -0.4 is 5.32 Å². The number of fused-ring (bicyclic) bond motifs is 1. The number of hydrogen-bond acceptors (Lipinski definition) is 3. The summed E-state index contributed by atoms with van der Waals surface area (Å²) >= 11 is 3.49. The zero-order valence-electron chi connectivity index (χ0n) is 12.9. The molecule has 4 rings (SSSR count). The molecule has 2 heterocycles. The third-order valence-electron chi connectivity index (χ3n) is 4.53. The van der Waals surface area contributed by atoms with Crippen LogP contribution >= 0.6 is 15.9 Å². The Morgan fingerprint density at radius 1 is 1.17 bits per heavy atom. The smallest absolute Gasteiger partial charge is 0.0815 e. The molecule has 0 bridgehead atoms. The molecule has 1 aliphatic rings. The van der Waals surface area contributed by atoms with Crippen LogP contribution in [0.1, 0.15) is 37.4 Å². The third-order valence-corrected chi connectivity index (χ3v) is 5.02. The molecule has 3 aromatic rings. The van der Waals surface area contributed by atoms with E-state index in [1.165, 1.54) is 25.7 Å². The fraction of sp³-hybridized carbons (Fsp3) is 0.333. The Labute approximate surface area is 144 Å². The lowest BCUT2D eigenvalue weighted by molar-refractivity contribution is 0.463. The molecule has 5 heteroatoms. The van der Waals surface area contributed by atoms with Gasteiger partial charge in [-0.15, -0.1) is 0 Å². The summed E-state index contributed by atoms with van der Waals surface area (Å²) in [5.41, 5.74) is 3.16. The molecule has 1 fully saturated rings. The minimum Gasteiger partial charge on any atom is -0.379 e. The second kappa shape index (κ2) is 6.32. The monoisotopic (exact) mass is 370 g/mol. The quantitative estimate of drug-likeness (QED) is 0.708. The molecule has 1 N–H and O–H groups in total. The highest BCUT2D eigenvalue weighted by Crippen LogP contribution is 2.29. The number of anilines is 1. The number of halogens is 1. The molecule has 0 spiro atoms. The van der Waals surface area contributed by atoms with E-state index in [-0.39, 0.29) is 0 Å². The van der Waals surface area contributed by atoms with Crippen LogP contribution in [0.25, 0.3) is 10.9 Å². The van der Waals surface area contributed by atoms with E-state index in [9.17, 15) is 0 Å².